The highest BCUT2D eigenvalue weighted by molar-refractivity contribution is 6.14. The maximum Gasteiger partial charge on any atom is 0.140 e. The Kier molecular flexibility index (Phi) is 4.97. The zero-order valence-electron chi connectivity index (χ0n) is 23.9. The number of fused-ring (bicyclic) bond motifs is 6. The van der Waals surface area contributed by atoms with Crippen LogP contribution >= 0.6 is 0 Å². The molecule has 0 saturated carbocycles. The second kappa shape index (κ2) is 8.91. The van der Waals surface area contributed by atoms with E-state index in [0.717, 1.165) is 56.0 Å². The Morgan fingerprint density at radius 2 is 1.02 bits per heavy atom. The van der Waals surface area contributed by atoms with Gasteiger partial charge in [0.1, 0.15) is 11.6 Å². The average Bonchev–Trinajstić information content (AvgIpc) is 3.68. The summed E-state index contributed by atoms with van der Waals surface area (Å²) in [5.41, 5.74) is 9.85. The summed E-state index contributed by atoms with van der Waals surface area (Å²) in [5, 5.41) is 4.91. The molecule has 3 heterocycles. The van der Waals surface area contributed by atoms with Crippen molar-refractivity contribution in [1.29, 1.82) is 0 Å². The van der Waals surface area contributed by atoms with Crippen LogP contribution < -0.4 is 0 Å². The fourth-order valence-electron chi connectivity index (χ4n) is 6.71. The number of imidazole rings is 2. The first kappa shape index (κ1) is 24.0. The van der Waals surface area contributed by atoms with Gasteiger partial charge < -0.3 is 13.7 Å². The molecule has 0 bridgehead atoms. The Balaban J connectivity index is 1.33. The number of rotatable bonds is 3. The number of benzene rings is 6. The largest absolute Gasteiger partial charge is 0.327 e. The summed E-state index contributed by atoms with van der Waals surface area (Å²) in [5.74, 6) is 1.91. The highest BCUT2D eigenvalue weighted by Crippen LogP contribution is 2.38. The molecule has 5 heteroatoms. The van der Waals surface area contributed by atoms with Crippen molar-refractivity contribution in [2.75, 3.05) is 0 Å². The molecule has 0 unspecified atom stereocenters. The topological polar surface area (TPSA) is 40.6 Å². The first-order valence-corrected chi connectivity index (χ1v) is 14.6. The molecule has 3 aromatic heterocycles. The standard InChI is InChI=1S/C38H27N5/c1-41-33-16-7-5-14-31(33)39-37(41)26-12-9-13-28(20-26)43-35-23-27(38-40-32-15-6-8-17-34(32)42(38)2)18-19-29(35)30-21-24-10-3-4-11-25(24)22-36(30)43/h3-23H,1-2H3. The summed E-state index contributed by atoms with van der Waals surface area (Å²) < 4.78 is 6.76. The van der Waals surface area contributed by atoms with E-state index in [-0.39, 0.29) is 0 Å². The van der Waals surface area contributed by atoms with Crippen molar-refractivity contribution in [3.63, 3.8) is 0 Å². The smallest absolute Gasteiger partial charge is 0.140 e. The Bertz CT molecular complexity index is 2540. The molecule has 6 aromatic carbocycles. The van der Waals surface area contributed by atoms with Gasteiger partial charge in [0.05, 0.1) is 33.1 Å². The second-order valence-electron chi connectivity index (χ2n) is 11.3. The Hall–Kier alpha value is -5.68. The van der Waals surface area contributed by atoms with E-state index in [9.17, 15) is 0 Å². The number of para-hydroxylation sites is 4. The average molecular weight is 554 g/mol. The van der Waals surface area contributed by atoms with Crippen LogP contribution in [-0.2, 0) is 14.1 Å². The highest BCUT2D eigenvalue weighted by atomic mass is 15.1. The summed E-state index contributed by atoms with van der Waals surface area (Å²) in [6, 6.07) is 45.4. The van der Waals surface area contributed by atoms with Gasteiger partial charge >= 0.3 is 0 Å². The lowest BCUT2D eigenvalue weighted by Gasteiger charge is -2.11. The van der Waals surface area contributed by atoms with Gasteiger partial charge in [0.15, 0.2) is 0 Å². The van der Waals surface area contributed by atoms with Gasteiger partial charge in [-0.15, -0.1) is 0 Å². The molecule has 0 aliphatic heterocycles. The van der Waals surface area contributed by atoms with Crippen LogP contribution in [0.2, 0.25) is 0 Å². The Labute approximate surface area is 247 Å². The predicted octanol–water partition coefficient (Wildman–Crippen LogP) is 9.04. The van der Waals surface area contributed by atoms with E-state index >= 15 is 0 Å². The van der Waals surface area contributed by atoms with Crippen LogP contribution in [-0.4, -0.2) is 23.7 Å². The van der Waals surface area contributed by atoms with Crippen LogP contribution in [0, 0.1) is 0 Å². The molecule has 0 N–H and O–H groups in total. The van der Waals surface area contributed by atoms with Gasteiger partial charge in [-0.05, 0) is 65.4 Å². The summed E-state index contributed by atoms with van der Waals surface area (Å²) >= 11 is 0. The van der Waals surface area contributed by atoms with Crippen molar-refractivity contribution in [2.45, 2.75) is 0 Å². The minimum atomic E-state index is 0.953. The highest BCUT2D eigenvalue weighted by Gasteiger charge is 2.18. The number of nitrogens with zero attached hydrogens (tertiary/aromatic N) is 5. The van der Waals surface area contributed by atoms with Crippen LogP contribution in [0.4, 0.5) is 0 Å². The normalized spacial score (nSPS) is 12.0. The van der Waals surface area contributed by atoms with Crippen LogP contribution in [0.25, 0.3) is 83.1 Å². The van der Waals surface area contributed by atoms with E-state index < -0.39 is 0 Å². The van der Waals surface area contributed by atoms with Crippen molar-refractivity contribution >= 4 is 54.6 Å². The zero-order valence-corrected chi connectivity index (χ0v) is 23.9. The maximum atomic E-state index is 5.02. The molecule has 0 radical (unpaired) electrons. The summed E-state index contributed by atoms with van der Waals surface area (Å²) in [4.78, 5) is 10.0. The molecule has 9 rings (SSSR count). The van der Waals surface area contributed by atoms with Gasteiger partial charge in [0.25, 0.3) is 0 Å². The van der Waals surface area contributed by atoms with Crippen molar-refractivity contribution in [3.05, 3.63) is 127 Å². The number of hydrogen-bond donors (Lipinski definition) is 0. The van der Waals surface area contributed by atoms with Crippen molar-refractivity contribution in [1.82, 2.24) is 23.7 Å². The van der Waals surface area contributed by atoms with Crippen LogP contribution in [0.15, 0.2) is 127 Å². The third kappa shape index (κ3) is 3.52. The molecule has 204 valence electrons. The van der Waals surface area contributed by atoms with Crippen LogP contribution in [0.5, 0.6) is 0 Å². The van der Waals surface area contributed by atoms with Crippen LogP contribution in [0.3, 0.4) is 0 Å². The van der Waals surface area contributed by atoms with Gasteiger partial charge in [0, 0.05) is 41.7 Å². The molecule has 9 aromatic rings. The lowest BCUT2D eigenvalue weighted by Crippen LogP contribution is -1.97. The minimum absolute atomic E-state index is 0.953. The summed E-state index contributed by atoms with van der Waals surface area (Å²) in [6.07, 6.45) is 0. The van der Waals surface area contributed by atoms with E-state index in [4.69, 9.17) is 9.97 Å². The fraction of sp³-hybridized carbons (Fsp3) is 0.0526. The van der Waals surface area contributed by atoms with Gasteiger partial charge in [-0.25, -0.2) is 9.97 Å². The fourth-order valence-corrected chi connectivity index (χ4v) is 6.71. The van der Waals surface area contributed by atoms with Crippen molar-refractivity contribution < 1.29 is 0 Å². The molecular formula is C38H27N5. The number of hydrogen-bond acceptors (Lipinski definition) is 2. The Morgan fingerprint density at radius 1 is 0.442 bits per heavy atom. The molecule has 0 aliphatic carbocycles. The van der Waals surface area contributed by atoms with E-state index in [0.29, 0.717) is 0 Å². The SMILES string of the molecule is Cn1c(-c2cccc(-n3c4cc(-c5nc6ccccc6n5C)ccc4c4cc5ccccc5cc43)c2)nc2ccccc21. The van der Waals surface area contributed by atoms with Crippen LogP contribution in [0.1, 0.15) is 0 Å². The molecule has 0 aliphatic rings. The minimum Gasteiger partial charge on any atom is -0.327 e. The first-order chi connectivity index (χ1) is 21.1. The van der Waals surface area contributed by atoms with E-state index in [2.05, 4.69) is 143 Å². The van der Waals surface area contributed by atoms with Gasteiger partial charge in [-0.2, -0.15) is 0 Å². The maximum absolute atomic E-state index is 5.02. The quantitative estimate of drug-likeness (QED) is 0.219. The first-order valence-electron chi connectivity index (χ1n) is 14.6. The van der Waals surface area contributed by atoms with E-state index in [1.807, 2.05) is 12.1 Å². The molecular weight excluding hydrogens is 526 g/mol. The molecule has 43 heavy (non-hydrogen) atoms. The third-order valence-electron chi connectivity index (χ3n) is 8.83. The zero-order chi connectivity index (χ0) is 28.7. The lowest BCUT2D eigenvalue weighted by atomic mass is 10.1. The van der Waals surface area contributed by atoms with Gasteiger partial charge in [-0.1, -0.05) is 72.8 Å². The molecule has 5 nitrogen and oxygen atoms in total. The monoisotopic (exact) mass is 553 g/mol. The van der Waals surface area contributed by atoms with E-state index in [1.54, 1.807) is 0 Å². The third-order valence-corrected chi connectivity index (χ3v) is 8.83. The summed E-state index contributed by atoms with van der Waals surface area (Å²) in [6.45, 7) is 0. The molecule has 0 amide bonds. The second-order valence-corrected chi connectivity index (χ2v) is 11.3. The summed E-state index contributed by atoms with van der Waals surface area (Å²) in [7, 11) is 4.19. The van der Waals surface area contributed by atoms with Crippen molar-refractivity contribution in [2.24, 2.45) is 14.1 Å². The van der Waals surface area contributed by atoms with E-state index in [1.165, 1.54) is 27.1 Å². The van der Waals surface area contributed by atoms with Gasteiger partial charge in [-0.3, -0.25) is 0 Å². The molecule has 0 spiro atoms. The number of aryl methyl sites for hydroxylation is 2. The molecule has 0 saturated heterocycles. The predicted molar refractivity (Wildman–Crippen MR) is 178 cm³/mol. The molecule has 0 atom stereocenters. The number of aromatic nitrogens is 5. The Morgan fingerprint density at radius 3 is 1.70 bits per heavy atom. The van der Waals surface area contributed by atoms with Gasteiger partial charge in [0.2, 0.25) is 0 Å². The van der Waals surface area contributed by atoms with Crippen molar-refractivity contribution in [3.8, 4) is 28.5 Å². The molecule has 0 fully saturated rings. The lowest BCUT2D eigenvalue weighted by molar-refractivity contribution is 0.958.